The van der Waals surface area contributed by atoms with Crippen LogP contribution in [0.4, 0.5) is 4.79 Å². The monoisotopic (exact) mass is 201 g/mol. The average molecular weight is 201 g/mol. The Balaban J connectivity index is 2.15. The molecule has 5 nitrogen and oxygen atoms in total. The van der Waals surface area contributed by atoms with E-state index in [0.717, 1.165) is 12.8 Å². The standard InChI is InChI=1S/C9H19N3O2/c1-2-4-11-8(13)12-6-9(10)3-5-14-7-9/h2-7,10H2,1H3,(H2,11,12,13). The SMILES string of the molecule is CCCNC(=O)NCC1(N)CCOC1. The van der Waals surface area contributed by atoms with Crippen molar-refractivity contribution in [1.82, 2.24) is 10.6 Å². The maximum absolute atomic E-state index is 11.2. The number of ether oxygens (including phenoxy) is 1. The molecule has 14 heavy (non-hydrogen) atoms. The zero-order valence-electron chi connectivity index (χ0n) is 8.64. The van der Waals surface area contributed by atoms with Crippen LogP contribution in [-0.2, 0) is 4.74 Å². The summed E-state index contributed by atoms with van der Waals surface area (Å²) in [6, 6.07) is -0.149. The van der Waals surface area contributed by atoms with Crippen LogP contribution in [0.3, 0.4) is 0 Å². The van der Waals surface area contributed by atoms with Gasteiger partial charge >= 0.3 is 6.03 Å². The minimum absolute atomic E-state index is 0.149. The Bertz CT molecular complexity index is 190. The van der Waals surface area contributed by atoms with Crippen LogP contribution in [0, 0.1) is 0 Å². The van der Waals surface area contributed by atoms with Crippen molar-refractivity contribution in [2.75, 3.05) is 26.3 Å². The molecule has 0 radical (unpaired) electrons. The average Bonchev–Trinajstić information content (AvgIpc) is 2.60. The largest absolute Gasteiger partial charge is 0.379 e. The second-order valence-electron chi connectivity index (χ2n) is 3.77. The maximum atomic E-state index is 11.2. The zero-order chi connectivity index (χ0) is 10.4. The summed E-state index contributed by atoms with van der Waals surface area (Å²) in [4.78, 5) is 11.2. The molecule has 0 saturated carbocycles. The third kappa shape index (κ3) is 3.51. The van der Waals surface area contributed by atoms with E-state index in [1.165, 1.54) is 0 Å². The van der Waals surface area contributed by atoms with Gasteiger partial charge in [-0.2, -0.15) is 0 Å². The predicted octanol–water partition coefficient (Wildman–Crippen LogP) is -0.187. The summed E-state index contributed by atoms with van der Waals surface area (Å²) in [5.74, 6) is 0. The lowest BCUT2D eigenvalue weighted by atomic mass is 10.0. The Labute approximate surface area is 84.4 Å². The summed E-state index contributed by atoms with van der Waals surface area (Å²) in [5, 5.41) is 5.47. The number of rotatable bonds is 4. The number of hydrogen-bond donors (Lipinski definition) is 3. The molecule has 1 rings (SSSR count). The third-order valence-corrected chi connectivity index (χ3v) is 2.27. The van der Waals surface area contributed by atoms with Crippen molar-refractivity contribution in [3.05, 3.63) is 0 Å². The molecular formula is C9H19N3O2. The summed E-state index contributed by atoms with van der Waals surface area (Å²) in [5.41, 5.74) is 5.60. The number of urea groups is 1. The van der Waals surface area contributed by atoms with Gasteiger partial charge in [0, 0.05) is 19.7 Å². The van der Waals surface area contributed by atoms with Crippen LogP contribution >= 0.6 is 0 Å². The lowest BCUT2D eigenvalue weighted by Gasteiger charge is -2.21. The zero-order valence-corrected chi connectivity index (χ0v) is 8.64. The number of carbonyl (C=O) groups excluding carboxylic acids is 1. The van der Waals surface area contributed by atoms with Crippen molar-refractivity contribution < 1.29 is 9.53 Å². The molecule has 82 valence electrons. The summed E-state index contributed by atoms with van der Waals surface area (Å²) in [6.07, 6.45) is 1.74. The van der Waals surface area contributed by atoms with Crippen LogP contribution < -0.4 is 16.4 Å². The van der Waals surface area contributed by atoms with Gasteiger partial charge in [0.2, 0.25) is 0 Å². The van der Waals surface area contributed by atoms with E-state index in [2.05, 4.69) is 10.6 Å². The van der Waals surface area contributed by atoms with Gasteiger partial charge in [-0.25, -0.2) is 4.79 Å². The second-order valence-corrected chi connectivity index (χ2v) is 3.77. The van der Waals surface area contributed by atoms with E-state index in [-0.39, 0.29) is 11.6 Å². The van der Waals surface area contributed by atoms with Crippen LogP contribution in [-0.4, -0.2) is 37.9 Å². The molecule has 5 heteroatoms. The molecule has 0 aliphatic carbocycles. The first kappa shape index (κ1) is 11.3. The van der Waals surface area contributed by atoms with Crippen molar-refractivity contribution in [3.63, 3.8) is 0 Å². The summed E-state index contributed by atoms with van der Waals surface area (Å²) < 4.78 is 5.18. The van der Waals surface area contributed by atoms with E-state index in [9.17, 15) is 4.79 Å². The molecular weight excluding hydrogens is 182 g/mol. The van der Waals surface area contributed by atoms with Crippen molar-refractivity contribution in [1.29, 1.82) is 0 Å². The van der Waals surface area contributed by atoms with Gasteiger partial charge in [-0.05, 0) is 12.8 Å². The highest BCUT2D eigenvalue weighted by molar-refractivity contribution is 5.73. The minimum atomic E-state index is -0.371. The van der Waals surface area contributed by atoms with Gasteiger partial charge in [-0.1, -0.05) is 6.92 Å². The molecule has 1 aliphatic heterocycles. The normalized spacial score (nSPS) is 26.1. The number of carbonyl (C=O) groups is 1. The third-order valence-electron chi connectivity index (χ3n) is 2.27. The van der Waals surface area contributed by atoms with E-state index < -0.39 is 0 Å². The lowest BCUT2D eigenvalue weighted by Crippen LogP contribution is -2.52. The Kier molecular flexibility index (Phi) is 4.16. The quantitative estimate of drug-likeness (QED) is 0.590. The number of nitrogens with one attached hydrogen (secondary N) is 2. The van der Waals surface area contributed by atoms with Crippen LogP contribution in [0.5, 0.6) is 0 Å². The molecule has 1 unspecified atom stereocenters. The number of nitrogens with two attached hydrogens (primary N) is 1. The molecule has 4 N–H and O–H groups in total. The number of hydrogen-bond acceptors (Lipinski definition) is 3. The van der Waals surface area contributed by atoms with Crippen molar-refractivity contribution >= 4 is 6.03 Å². The summed E-state index contributed by atoms with van der Waals surface area (Å²) in [6.45, 7) is 4.40. The van der Waals surface area contributed by atoms with Gasteiger partial charge in [-0.3, -0.25) is 0 Å². The Morgan fingerprint density at radius 2 is 2.36 bits per heavy atom. The molecule has 1 aliphatic rings. The first-order valence-electron chi connectivity index (χ1n) is 5.05. The van der Waals surface area contributed by atoms with E-state index in [0.29, 0.717) is 26.3 Å². The highest BCUT2D eigenvalue weighted by Crippen LogP contribution is 2.13. The lowest BCUT2D eigenvalue weighted by molar-refractivity contribution is 0.177. The maximum Gasteiger partial charge on any atom is 0.314 e. The summed E-state index contributed by atoms with van der Waals surface area (Å²) >= 11 is 0. The highest BCUT2D eigenvalue weighted by Gasteiger charge is 2.30. The fourth-order valence-corrected chi connectivity index (χ4v) is 1.32. The predicted molar refractivity (Wildman–Crippen MR) is 54.0 cm³/mol. The van der Waals surface area contributed by atoms with Gasteiger partial charge in [0.1, 0.15) is 0 Å². The van der Waals surface area contributed by atoms with Crippen molar-refractivity contribution in [2.45, 2.75) is 25.3 Å². The highest BCUT2D eigenvalue weighted by atomic mass is 16.5. The second kappa shape index (κ2) is 5.17. The summed E-state index contributed by atoms with van der Waals surface area (Å²) in [7, 11) is 0. The van der Waals surface area contributed by atoms with Gasteiger partial charge < -0.3 is 21.1 Å². The van der Waals surface area contributed by atoms with Crippen LogP contribution in [0.25, 0.3) is 0 Å². The molecule has 2 amide bonds. The fourth-order valence-electron chi connectivity index (χ4n) is 1.32. The van der Waals surface area contributed by atoms with E-state index >= 15 is 0 Å². The van der Waals surface area contributed by atoms with Gasteiger partial charge in [0.15, 0.2) is 0 Å². The van der Waals surface area contributed by atoms with E-state index in [4.69, 9.17) is 10.5 Å². The molecule has 0 aromatic heterocycles. The topological polar surface area (TPSA) is 76.4 Å². The Morgan fingerprint density at radius 1 is 1.57 bits per heavy atom. The van der Waals surface area contributed by atoms with Crippen LogP contribution in [0.1, 0.15) is 19.8 Å². The molecule has 1 fully saturated rings. The molecule has 0 bridgehead atoms. The van der Waals surface area contributed by atoms with Gasteiger partial charge in [0.05, 0.1) is 12.1 Å². The van der Waals surface area contributed by atoms with Crippen LogP contribution in [0.15, 0.2) is 0 Å². The van der Waals surface area contributed by atoms with Crippen LogP contribution in [0.2, 0.25) is 0 Å². The molecule has 0 aromatic carbocycles. The minimum Gasteiger partial charge on any atom is -0.379 e. The first-order valence-corrected chi connectivity index (χ1v) is 5.05. The van der Waals surface area contributed by atoms with Crippen molar-refractivity contribution in [2.24, 2.45) is 5.73 Å². The Morgan fingerprint density at radius 3 is 2.93 bits per heavy atom. The Hall–Kier alpha value is -0.810. The molecule has 1 saturated heterocycles. The number of amides is 2. The first-order chi connectivity index (χ1) is 6.66. The molecule has 0 spiro atoms. The molecule has 0 aromatic rings. The molecule has 1 atom stereocenters. The smallest absolute Gasteiger partial charge is 0.314 e. The van der Waals surface area contributed by atoms with E-state index in [1.54, 1.807) is 0 Å². The van der Waals surface area contributed by atoms with Gasteiger partial charge in [0.25, 0.3) is 0 Å². The van der Waals surface area contributed by atoms with E-state index in [1.807, 2.05) is 6.92 Å². The van der Waals surface area contributed by atoms with Gasteiger partial charge in [-0.15, -0.1) is 0 Å². The molecule has 1 heterocycles. The fraction of sp³-hybridized carbons (Fsp3) is 0.889. The van der Waals surface area contributed by atoms with Crippen molar-refractivity contribution in [3.8, 4) is 0 Å².